The summed E-state index contributed by atoms with van der Waals surface area (Å²) in [6.45, 7) is 0.513. The van der Waals surface area contributed by atoms with Gasteiger partial charge < -0.3 is 49.6 Å². The van der Waals surface area contributed by atoms with Gasteiger partial charge in [-0.3, -0.25) is 0 Å². The summed E-state index contributed by atoms with van der Waals surface area (Å²) in [6, 6.07) is 0. The minimum absolute atomic E-state index is 0.485. The minimum atomic E-state index is -1.42. The van der Waals surface area contributed by atoms with E-state index in [1.165, 1.54) is 14.0 Å². The van der Waals surface area contributed by atoms with Crippen molar-refractivity contribution in [2.45, 2.75) is 68.1 Å². The molecule has 142 valence electrons. The summed E-state index contributed by atoms with van der Waals surface area (Å²) in [5.74, 6) is 0. The zero-order valence-electron chi connectivity index (χ0n) is 13.5. The number of hydrogen-bond acceptors (Lipinski definition) is 10. The number of aliphatic hydroxyl groups is 6. The van der Waals surface area contributed by atoms with Crippen molar-refractivity contribution >= 4 is 0 Å². The van der Waals surface area contributed by atoms with E-state index in [1.807, 2.05) is 0 Å². The molecule has 0 amide bonds. The molecule has 10 atom stereocenters. The molecule has 0 aromatic heterocycles. The van der Waals surface area contributed by atoms with Crippen molar-refractivity contribution in [3.8, 4) is 0 Å². The molecule has 2 aliphatic rings. The Balaban J connectivity index is 2.14. The van der Waals surface area contributed by atoms with Crippen molar-refractivity contribution in [1.29, 1.82) is 0 Å². The molecule has 5 unspecified atom stereocenters. The number of hydrogen-bond donors (Lipinski definition) is 6. The topological polar surface area (TPSA) is 158 Å². The van der Waals surface area contributed by atoms with Crippen LogP contribution in [0.5, 0.6) is 0 Å². The first-order chi connectivity index (χ1) is 11.3. The maximum absolute atomic E-state index is 10.2. The van der Waals surface area contributed by atoms with Gasteiger partial charge in [0.1, 0.15) is 48.8 Å². The van der Waals surface area contributed by atoms with Gasteiger partial charge in [0.25, 0.3) is 0 Å². The molecule has 2 heterocycles. The summed E-state index contributed by atoms with van der Waals surface area (Å²) in [4.78, 5) is 0. The molecule has 0 spiro atoms. The summed E-state index contributed by atoms with van der Waals surface area (Å²) < 4.78 is 21.2. The Hall–Kier alpha value is -0.400. The standard InChI is InChI=1S/C14H26O10/c1-5-8(17)10(19)12(7(4-16)22-5)24-14-11(20)13(21-2)9(18)6(3-15)23-14/h5-20H,3-4H2,1-2H3/t5?,6?,7?,8-,9+,10?,11+,12-,13?,14+/m1/s1. The van der Waals surface area contributed by atoms with Gasteiger partial charge in [0, 0.05) is 7.11 Å². The molecule has 10 heteroatoms. The fourth-order valence-electron chi connectivity index (χ4n) is 3.04. The van der Waals surface area contributed by atoms with E-state index >= 15 is 0 Å². The van der Waals surface area contributed by atoms with E-state index in [4.69, 9.17) is 18.9 Å². The first-order valence-corrected chi connectivity index (χ1v) is 7.78. The second-order valence-electron chi connectivity index (χ2n) is 6.05. The van der Waals surface area contributed by atoms with Gasteiger partial charge in [-0.1, -0.05) is 0 Å². The van der Waals surface area contributed by atoms with Gasteiger partial charge in [0.2, 0.25) is 0 Å². The molecule has 10 nitrogen and oxygen atoms in total. The molecule has 0 radical (unpaired) electrons. The van der Waals surface area contributed by atoms with E-state index in [0.29, 0.717) is 0 Å². The molecule has 0 aromatic rings. The van der Waals surface area contributed by atoms with Crippen LogP contribution < -0.4 is 0 Å². The van der Waals surface area contributed by atoms with Gasteiger partial charge in [-0.05, 0) is 6.92 Å². The molecule has 2 rings (SSSR count). The summed E-state index contributed by atoms with van der Waals surface area (Å²) in [6.07, 6.45) is -11.7. The summed E-state index contributed by atoms with van der Waals surface area (Å²) in [7, 11) is 1.27. The molecule has 0 saturated carbocycles. The lowest BCUT2D eigenvalue weighted by atomic mass is 9.95. The van der Waals surface area contributed by atoms with Crippen LogP contribution in [0.1, 0.15) is 6.92 Å². The van der Waals surface area contributed by atoms with Crippen LogP contribution in [0.3, 0.4) is 0 Å². The van der Waals surface area contributed by atoms with Crippen LogP contribution in [-0.2, 0) is 18.9 Å². The number of aliphatic hydroxyl groups excluding tert-OH is 6. The second kappa shape index (κ2) is 8.32. The maximum atomic E-state index is 10.2. The van der Waals surface area contributed by atoms with E-state index in [-0.39, 0.29) is 0 Å². The highest BCUT2D eigenvalue weighted by molar-refractivity contribution is 4.95. The highest BCUT2D eigenvalue weighted by atomic mass is 16.7. The predicted molar refractivity (Wildman–Crippen MR) is 76.9 cm³/mol. The summed E-state index contributed by atoms with van der Waals surface area (Å²) in [5, 5.41) is 59.0. The molecular weight excluding hydrogens is 328 g/mol. The van der Waals surface area contributed by atoms with Gasteiger partial charge in [-0.15, -0.1) is 0 Å². The fraction of sp³-hybridized carbons (Fsp3) is 1.00. The third-order valence-corrected chi connectivity index (χ3v) is 4.49. The molecule has 0 bridgehead atoms. The van der Waals surface area contributed by atoms with E-state index < -0.39 is 74.4 Å². The molecule has 0 aromatic carbocycles. The first-order valence-electron chi connectivity index (χ1n) is 7.78. The zero-order chi connectivity index (χ0) is 18.0. The zero-order valence-corrected chi connectivity index (χ0v) is 13.5. The van der Waals surface area contributed by atoms with Gasteiger partial charge in [-0.2, -0.15) is 0 Å². The van der Waals surface area contributed by atoms with Gasteiger partial charge in [0.05, 0.1) is 19.3 Å². The maximum Gasteiger partial charge on any atom is 0.187 e. The van der Waals surface area contributed by atoms with Crippen LogP contribution in [-0.4, -0.2) is 112 Å². The quantitative estimate of drug-likeness (QED) is 0.290. The molecule has 6 N–H and O–H groups in total. The third kappa shape index (κ3) is 3.73. The molecule has 24 heavy (non-hydrogen) atoms. The van der Waals surface area contributed by atoms with Crippen LogP contribution in [0.4, 0.5) is 0 Å². The highest BCUT2D eigenvalue weighted by Gasteiger charge is 2.50. The van der Waals surface area contributed by atoms with Crippen molar-refractivity contribution in [2.24, 2.45) is 0 Å². The van der Waals surface area contributed by atoms with Crippen molar-refractivity contribution in [3.63, 3.8) is 0 Å². The average Bonchev–Trinajstić information content (AvgIpc) is 2.57. The van der Waals surface area contributed by atoms with Crippen molar-refractivity contribution in [1.82, 2.24) is 0 Å². The van der Waals surface area contributed by atoms with E-state index in [2.05, 4.69) is 0 Å². The van der Waals surface area contributed by atoms with Crippen molar-refractivity contribution in [2.75, 3.05) is 20.3 Å². The van der Waals surface area contributed by atoms with Gasteiger partial charge in [-0.25, -0.2) is 0 Å². The van der Waals surface area contributed by atoms with Crippen molar-refractivity contribution in [3.05, 3.63) is 0 Å². The van der Waals surface area contributed by atoms with E-state index in [9.17, 15) is 30.6 Å². The van der Waals surface area contributed by atoms with Crippen LogP contribution in [0, 0.1) is 0 Å². The molecular formula is C14H26O10. The van der Waals surface area contributed by atoms with E-state index in [1.54, 1.807) is 0 Å². The van der Waals surface area contributed by atoms with Gasteiger partial charge in [0.15, 0.2) is 6.29 Å². The molecule has 0 aliphatic carbocycles. The Morgan fingerprint density at radius 1 is 0.792 bits per heavy atom. The Bertz CT molecular complexity index is 394. The molecule has 2 fully saturated rings. The Kier molecular flexibility index (Phi) is 6.90. The van der Waals surface area contributed by atoms with Gasteiger partial charge >= 0.3 is 0 Å². The van der Waals surface area contributed by atoms with Crippen LogP contribution in [0.15, 0.2) is 0 Å². The number of methoxy groups -OCH3 is 1. The lowest BCUT2D eigenvalue weighted by Crippen LogP contribution is -2.64. The molecule has 2 saturated heterocycles. The minimum Gasteiger partial charge on any atom is -0.394 e. The number of rotatable bonds is 5. The average molecular weight is 354 g/mol. The van der Waals surface area contributed by atoms with Crippen molar-refractivity contribution < 1.29 is 49.6 Å². The fourth-order valence-corrected chi connectivity index (χ4v) is 3.04. The van der Waals surface area contributed by atoms with E-state index in [0.717, 1.165) is 0 Å². The highest BCUT2D eigenvalue weighted by Crippen LogP contribution is 2.29. The smallest absolute Gasteiger partial charge is 0.187 e. The Morgan fingerprint density at radius 2 is 1.42 bits per heavy atom. The van der Waals surface area contributed by atoms with Crippen LogP contribution in [0.2, 0.25) is 0 Å². The first kappa shape index (κ1) is 19.9. The predicted octanol–water partition coefficient (Wildman–Crippen LogP) is -3.67. The van der Waals surface area contributed by atoms with Crippen LogP contribution >= 0.6 is 0 Å². The SMILES string of the molecule is COC1[C@@H](O)C(CO)O[C@@H](O[C@@H]2C(CO)OC(C)[C@@H](O)C2O)[C@H]1O. The largest absolute Gasteiger partial charge is 0.394 e. The lowest BCUT2D eigenvalue weighted by molar-refractivity contribution is -0.343. The normalized spacial score (nSPS) is 50.0. The Morgan fingerprint density at radius 3 is 1.96 bits per heavy atom. The third-order valence-electron chi connectivity index (χ3n) is 4.49. The van der Waals surface area contributed by atoms with Crippen LogP contribution in [0.25, 0.3) is 0 Å². The monoisotopic (exact) mass is 354 g/mol. The lowest BCUT2D eigenvalue weighted by Gasteiger charge is -2.46. The second-order valence-corrected chi connectivity index (χ2v) is 6.05. The Labute approximate surface area is 139 Å². The summed E-state index contributed by atoms with van der Waals surface area (Å²) in [5.41, 5.74) is 0. The summed E-state index contributed by atoms with van der Waals surface area (Å²) >= 11 is 0. The number of ether oxygens (including phenoxy) is 4. The molecule has 2 aliphatic heterocycles.